The zero-order valence-corrected chi connectivity index (χ0v) is 22.1. The SMILES string of the molecule is CCCCCCCCCCCCCC(O)C[N+](C)(C)CCCCCCCCCCC(=O)[O-]. The van der Waals surface area contributed by atoms with E-state index in [9.17, 15) is 15.0 Å². The third-order valence-corrected chi connectivity index (χ3v) is 6.74. The number of carboxylic acid groups (broad SMARTS) is 1. The summed E-state index contributed by atoms with van der Waals surface area (Å²) in [6.07, 6.45) is 25.0. The second-order valence-electron chi connectivity index (χ2n) is 10.8. The first kappa shape index (κ1) is 31.4. The van der Waals surface area contributed by atoms with Crippen LogP contribution in [0.15, 0.2) is 0 Å². The van der Waals surface area contributed by atoms with E-state index in [2.05, 4.69) is 21.0 Å². The van der Waals surface area contributed by atoms with E-state index in [1.54, 1.807) is 0 Å². The molecule has 0 aromatic heterocycles. The van der Waals surface area contributed by atoms with Crippen molar-refractivity contribution in [1.29, 1.82) is 0 Å². The molecule has 0 rings (SSSR count). The van der Waals surface area contributed by atoms with Crippen molar-refractivity contribution in [3.63, 3.8) is 0 Å². The van der Waals surface area contributed by atoms with Crippen molar-refractivity contribution in [3.8, 4) is 0 Å². The lowest BCUT2D eigenvalue weighted by molar-refractivity contribution is -0.893. The summed E-state index contributed by atoms with van der Waals surface area (Å²) in [5.41, 5.74) is 0. The molecule has 0 saturated heterocycles. The maximum atomic E-state index is 10.4. The van der Waals surface area contributed by atoms with Crippen LogP contribution in [0.25, 0.3) is 0 Å². The molecular weight excluding hydrogens is 398 g/mol. The maximum absolute atomic E-state index is 10.4. The minimum Gasteiger partial charge on any atom is -0.550 e. The van der Waals surface area contributed by atoms with Gasteiger partial charge in [-0.25, -0.2) is 0 Å². The molecule has 0 bridgehead atoms. The first-order valence-corrected chi connectivity index (χ1v) is 14.1. The number of carbonyl (C=O) groups is 1. The van der Waals surface area contributed by atoms with Crippen LogP contribution in [0.5, 0.6) is 0 Å². The Kier molecular flexibility index (Phi) is 21.8. The third kappa shape index (κ3) is 24.0. The van der Waals surface area contributed by atoms with Gasteiger partial charge in [0.05, 0.1) is 20.6 Å². The molecule has 0 aromatic rings. The van der Waals surface area contributed by atoms with Crippen molar-refractivity contribution >= 4 is 5.97 Å². The van der Waals surface area contributed by atoms with Crippen LogP contribution >= 0.6 is 0 Å². The van der Waals surface area contributed by atoms with Gasteiger partial charge >= 0.3 is 0 Å². The lowest BCUT2D eigenvalue weighted by atomic mass is 10.0. The highest BCUT2D eigenvalue weighted by molar-refractivity contribution is 5.63. The van der Waals surface area contributed by atoms with Gasteiger partial charge in [0.25, 0.3) is 0 Å². The normalized spacial score (nSPS) is 12.9. The standard InChI is InChI=1S/C28H57NO3/c1-4-5-6-7-8-9-10-11-14-17-20-23-27(30)26-29(2,3)25-22-19-16-13-12-15-18-21-24-28(31)32/h27,30H,4-26H2,1-3H3. The lowest BCUT2D eigenvalue weighted by Crippen LogP contribution is -2.45. The zero-order chi connectivity index (χ0) is 23.9. The van der Waals surface area contributed by atoms with Crippen LogP contribution in [0.4, 0.5) is 0 Å². The van der Waals surface area contributed by atoms with E-state index < -0.39 is 5.97 Å². The van der Waals surface area contributed by atoms with E-state index in [0.29, 0.717) is 0 Å². The molecule has 192 valence electrons. The van der Waals surface area contributed by atoms with Crippen LogP contribution in [0.3, 0.4) is 0 Å². The molecule has 0 aliphatic rings. The number of likely N-dealkylation sites (N-methyl/N-ethyl adjacent to an activating group) is 1. The van der Waals surface area contributed by atoms with Gasteiger partial charge in [0.1, 0.15) is 12.6 Å². The fourth-order valence-corrected chi connectivity index (χ4v) is 4.67. The predicted molar refractivity (Wildman–Crippen MR) is 135 cm³/mol. The van der Waals surface area contributed by atoms with E-state index in [1.165, 1.54) is 103 Å². The summed E-state index contributed by atoms with van der Waals surface area (Å²) in [4.78, 5) is 10.4. The summed E-state index contributed by atoms with van der Waals surface area (Å²) >= 11 is 0. The Labute approximate surface area is 200 Å². The van der Waals surface area contributed by atoms with Gasteiger partial charge in [0.15, 0.2) is 0 Å². The molecule has 1 N–H and O–H groups in total. The van der Waals surface area contributed by atoms with Crippen LogP contribution in [-0.4, -0.2) is 48.8 Å². The number of quaternary nitrogens is 1. The van der Waals surface area contributed by atoms with Crippen molar-refractivity contribution in [2.45, 2.75) is 148 Å². The number of aliphatic hydroxyl groups is 1. The summed E-state index contributed by atoms with van der Waals surface area (Å²) in [7, 11) is 4.50. The number of hydrogen-bond acceptors (Lipinski definition) is 3. The molecule has 0 amide bonds. The van der Waals surface area contributed by atoms with Gasteiger partial charge in [-0.1, -0.05) is 110 Å². The quantitative estimate of drug-likeness (QED) is 0.128. The van der Waals surface area contributed by atoms with Crippen molar-refractivity contribution in [1.82, 2.24) is 0 Å². The summed E-state index contributed by atoms with van der Waals surface area (Å²) in [6, 6.07) is 0. The average Bonchev–Trinajstić information content (AvgIpc) is 2.72. The Hall–Kier alpha value is -0.610. The second kappa shape index (κ2) is 22.2. The van der Waals surface area contributed by atoms with E-state index >= 15 is 0 Å². The summed E-state index contributed by atoms with van der Waals surface area (Å²) in [5, 5.41) is 20.8. The summed E-state index contributed by atoms with van der Waals surface area (Å²) in [5.74, 6) is -0.922. The first-order chi connectivity index (χ1) is 15.4. The molecule has 4 heteroatoms. The van der Waals surface area contributed by atoms with E-state index in [4.69, 9.17) is 0 Å². The van der Waals surface area contributed by atoms with Crippen LogP contribution in [0, 0.1) is 0 Å². The van der Waals surface area contributed by atoms with Gasteiger partial charge in [0, 0.05) is 5.97 Å². The van der Waals surface area contributed by atoms with Gasteiger partial charge in [-0.2, -0.15) is 0 Å². The molecule has 0 spiro atoms. The number of hydrogen-bond donors (Lipinski definition) is 1. The second-order valence-corrected chi connectivity index (χ2v) is 10.8. The molecule has 32 heavy (non-hydrogen) atoms. The van der Waals surface area contributed by atoms with Crippen LogP contribution in [-0.2, 0) is 4.79 Å². The number of carbonyl (C=O) groups excluding carboxylic acids is 1. The highest BCUT2D eigenvalue weighted by Crippen LogP contribution is 2.15. The van der Waals surface area contributed by atoms with Crippen molar-refractivity contribution in [3.05, 3.63) is 0 Å². The summed E-state index contributed by atoms with van der Waals surface area (Å²) in [6.45, 7) is 4.29. The maximum Gasteiger partial charge on any atom is 0.105 e. The fourth-order valence-electron chi connectivity index (χ4n) is 4.67. The fraction of sp³-hybridized carbons (Fsp3) is 0.964. The minimum atomic E-state index is -0.922. The van der Waals surface area contributed by atoms with Crippen molar-refractivity contribution in [2.75, 3.05) is 27.2 Å². The molecular formula is C28H57NO3. The molecule has 1 unspecified atom stereocenters. The van der Waals surface area contributed by atoms with Crippen molar-refractivity contribution < 1.29 is 19.5 Å². The Morgan fingerprint density at radius 1 is 0.688 bits per heavy atom. The van der Waals surface area contributed by atoms with E-state index in [1.807, 2.05) is 0 Å². The van der Waals surface area contributed by atoms with Gasteiger partial charge in [0.2, 0.25) is 0 Å². The zero-order valence-electron chi connectivity index (χ0n) is 22.1. The number of unbranched alkanes of at least 4 members (excludes halogenated alkanes) is 17. The Morgan fingerprint density at radius 2 is 1.09 bits per heavy atom. The van der Waals surface area contributed by atoms with Gasteiger partial charge < -0.3 is 19.5 Å². The topological polar surface area (TPSA) is 60.4 Å². The lowest BCUT2D eigenvalue weighted by Gasteiger charge is -2.32. The highest BCUT2D eigenvalue weighted by atomic mass is 16.4. The molecule has 0 fully saturated rings. The van der Waals surface area contributed by atoms with Gasteiger partial charge in [-0.3, -0.25) is 0 Å². The number of rotatable bonds is 25. The molecule has 0 saturated carbocycles. The van der Waals surface area contributed by atoms with E-state index in [0.717, 1.165) is 43.3 Å². The monoisotopic (exact) mass is 455 g/mol. The largest absolute Gasteiger partial charge is 0.550 e. The number of aliphatic hydroxyl groups excluding tert-OH is 1. The number of nitrogens with zero attached hydrogens (tertiary/aromatic N) is 1. The molecule has 1 atom stereocenters. The molecule has 0 radical (unpaired) electrons. The molecule has 4 nitrogen and oxygen atoms in total. The first-order valence-electron chi connectivity index (χ1n) is 14.1. The van der Waals surface area contributed by atoms with Gasteiger partial charge in [-0.05, 0) is 32.1 Å². The smallest absolute Gasteiger partial charge is 0.105 e. The Bertz CT molecular complexity index is 411. The predicted octanol–water partition coefficient (Wildman–Crippen LogP) is 6.39. The number of carboxylic acids is 1. The van der Waals surface area contributed by atoms with Crippen LogP contribution in [0.1, 0.15) is 142 Å². The molecule has 0 aliphatic carbocycles. The van der Waals surface area contributed by atoms with Crippen LogP contribution < -0.4 is 5.11 Å². The van der Waals surface area contributed by atoms with Crippen LogP contribution in [0.2, 0.25) is 0 Å². The third-order valence-electron chi connectivity index (χ3n) is 6.74. The van der Waals surface area contributed by atoms with Gasteiger partial charge in [-0.15, -0.1) is 0 Å². The van der Waals surface area contributed by atoms with E-state index in [-0.39, 0.29) is 12.5 Å². The minimum absolute atomic E-state index is 0.162. The summed E-state index contributed by atoms with van der Waals surface area (Å²) < 4.78 is 0.919. The molecule has 0 aromatic carbocycles. The average molecular weight is 456 g/mol. The Balaban J connectivity index is 3.48. The Morgan fingerprint density at radius 3 is 1.56 bits per heavy atom. The molecule has 0 aliphatic heterocycles. The highest BCUT2D eigenvalue weighted by Gasteiger charge is 2.19. The number of aliphatic carboxylic acids is 1. The molecule has 0 heterocycles. The van der Waals surface area contributed by atoms with Crippen molar-refractivity contribution in [2.24, 2.45) is 0 Å².